The molecule has 0 unspecified atom stereocenters. The predicted octanol–water partition coefficient (Wildman–Crippen LogP) is 2.46. The fourth-order valence-electron chi connectivity index (χ4n) is 3.51. The van der Waals surface area contributed by atoms with Crippen molar-refractivity contribution in [3.8, 4) is 0 Å². The summed E-state index contributed by atoms with van der Waals surface area (Å²) in [7, 11) is 0. The van der Waals surface area contributed by atoms with Gasteiger partial charge in [0.25, 0.3) is 0 Å². The SMILES string of the molecule is CCN(CC)CC[C@@H]1CN(CC2CC2)Cc2ccnn2C1. The average Bonchev–Trinajstić information content (AvgIpc) is 3.23. The highest BCUT2D eigenvalue weighted by molar-refractivity contribution is 5.02. The van der Waals surface area contributed by atoms with Gasteiger partial charge in [0.2, 0.25) is 0 Å². The minimum Gasteiger partial charge on any atom is -0.304 e. The lowest BCUT2D eigenvalue weighted by atomic mass is 10.0. The molecule has 118 valence electrons. The predicted molar refractivity (Wildman–Crippen MR) is 86.1 cm³/mol. The summed E-state index contributed by atoms with van der Waals surface area (Å²) in [6.07, 6.45) is 6.15. The van der Waals surface area contributed by atoms with E-state index < -0.39 is 0 Å². The van der Waals surface area contributed by atoms with Crippen LogP contribution in [0.3, 0.4) is 0 Å². The molecule has 1 fully saturated rings. The van der Waals surface area contributed by atoms with E-state index in [2.05, 4.69) is 39.5 Å². The van der Waals surface area contributed by atoms with Gasteiger partial charge in [-0.25, -0.2) is 0 Å². The number of aromatic nitrogens is 2. The van der Waals surface area contributed by atoms with E-state index in [4.69, 9.17) is 0 Å². The van der Waals surface area contributed by atoms with Gasteiger partial charge in [-0.1, -0.05) is 13.8 Å². The standard InChI is InChI=1S/C17H30N4/c1-3-19(4-2)10-8-16-12-20(11-15-5-6-15)14-17-7-9-18-21(17)13-16/h7,9,15-16H,3-6,8,10-14H2,1-2H3/t16-/m1/s1. The third-order valence-corrected chi connectivity index (χ3v) is 5.10. The van der Waals surface area contributed by atoms with Gasteiger partial charge < -0.3 is 4.90 Å². The van der Waals surface area contributed by atoms with Crippen LogP contribution in [0.1, 0.15) is 38.8 Å². The summed E-state index contributed by atoms with van der Waals surface area (Å²) in [5, 5.41) is 4.54. The molecule has 2 aliphatic rings. The van der Waals surface area contributed by atoms with Crippen LogP contribution in [0.5, 0.6) is 0 Å². The highest BCUT2D eigenvalue weighted by Gasteiger charge is 2.28. The summed E-state index contributed by atoms with van der Waals surface area (Å²) >= 11 is 0. The second-order valence-electron chi connectivity index (χ2n) is 6.82. The first-order chi connectivity index (χ1) is 10.3. The molecule has 0 amide bonds. The maximum absolute atomic E-state index is 4.54. The van der Waals surface area contributed by atoms with E-state index in [9.17, 15) is 0 Å². The van der Waals surface area contributed by atoms with Gasteiger partial charge >= 0.3 is 0 Å². The Morgan fingerprint density at radius 2 is 2.00 bits per heavy atom. The lowest BCUT2D eigenvalue weighted by Crippen LogP contribution is -2.32. The van der Waals surface area contributed by atoms with Crippen LogP contribution in [-0.2, 0) is 13.1 Å². The van der Waals surface area contributed by atoms with Crippen LogP contribution >= 0.6 is 0 Å². The number of hydrogen-bond donors (Lipinski definition) is 0. The van der Waals surface area contributed by atoms with Gasteiger partial charge in [0.1, 0.15) is 0 Å². The van der Waals surface area contributed by atoms with Crippen LogP contribution < -0.4 is 0 Å². The molecule has 1 aromatic rings. The van der Waals surface area contributed by atoms with Crippen molar-refractivity contribution in [3.05, 3.63) is 18.0 Å². The minimum absolute atomic E-state index is 0.741. The Balaban J connectivity index is 1.61. The van der Waals surface area contributed by atoms with E-state index in [1.807, 2.05) is 6.20 Å². The quantitative estimate of drug-likeness (QED) is 0.771. The average molecular weight is 290 g/mol. The fraction of sp³-hybridized carbons (Fsp3) is 0.824. The molecule has 21 heavy (non-hydrogen) atoms. The molecule has 4 heteroatoms. The summed E-state index contributed by atoms with van der Waals surface area (Å²) < 4.78 is 2.25. The van der Waals surface area contributed by atoms with Crippen molar-refractivity contribution < 1.29 is 0 Å². The zero-order valence-electron chi connectivity index (χ0n) is 13.7. The van der Waals surface area contributed by atoms with Crippen LogP contribution in [0.2, 0.25) is 0 Å². The fourth-order valence-corrected chi connectivity index (χ4v) is 3.51. The Bertz CT molecular complexity index is 434. The molecule has 1 atom stereocenters. The van der Waals surface area contributed by atoms with Gasteiger partial charge in [-0.05, 0) is 56.8 Å². The van der Waals surface area contributed by atoms with Gasteiger partial charge in [0, 0.05) is 32.4 Å². The molecular weight excluding hydrogens is 260 g/mol. The van der Waals surface area contributed by atoms with Gasteiger partial charge in [0.15, 0.2) is 0 Å². The lowest BCUT2D eigenvalue weighted by molar-refractivity contribution is 0.196. The molecule has 4 nitrogen and oxygen atoms in total. The topological polar surface area (TPSA) is 24.3 Å². The first-order valence-corrected chi connectivity index (χ1v) is 8.73. The monoisotopic (exact) mass is 290 g/mol. The molecule has 1 aromatic heterocycles. The second-order valence-corrected chi connectivity index (χ2v) is 6.82. The molecule has 0 N–H and O–H groups in total. The number of hydrogen-bond acceptors (Lipinski definition) is 3. The Hall–Kier alpha value is -0.870. The van der Waals surface area contributed by atoms with Gasteiger partial charge in [0.05, 0.1) is 5.69 Å². The molecule has 1 aliphatic heterocycles. The summed E-state index contributed by atoms with van der Waals surface area (Å²) in [5.41, 5.74) is 1.40. The summed E-state index contributed by atoms with van der Waals surface area (Å²) in [6.45, 7) is 12.8. The first-order valence-electron chi connectivity index (χ1n) is 8.73. The van der Waals surface area contributed by atoms with Crippen molar-refractivity contribution in [1.82, 2.24) is 19.6 Å². The van der Waals surface area contributed by atoms with Crippen molar-refractivity contribution in [3.63, 3.8) is 0 Å². The third kappa shape index (κ3) is 4.07. The van der Waals surface area contributed by atoms with Gasteiger partial charge in [-0.15, -0.1) is 0 Å². The van der Waals surface area contributed by atoms with E-state index >= 15 is 0 Å². The maximum Gasteiger partial charge on any atom is 0.0524 e. The van der Waals surface area contributed by atoms with Crippen molar-refractivity contribution >= 4 is 0 Å². The molecular formula is C17H30N4. The molecule has 2 heterocycles. The molecule has 0 radical (unpaired) electrons. The van der Waals surface area contributed by atoms with Crippen LogP contribution in [0.25, 0.3) is 0 Å². The maximum atomic E-state index is 4.54. The molecule has 0 bridgehead atoms. The van der Waals surface area contributed by atoms with Crippen molar-refractivity contribution in [1.29, 1.82) is 0 Å². The Morgan fingerprint density at radius 3 is 2.71 bits per heavy atom. The summed E-state index contributed by atoms with van der Waals surface area (Å²) in [6, 6.07) is 2.20. The van der Waals surface area contributed by atoms with E-state index in [0.717, 1.165) is 24.9 Å². The molecule has 1 saturated carbocycles. The minimum atomic E-state index is 0.741. The molecule has 0 spiro atoms. The van der Waals surface area contributed by atoms with E-state index in [1.165, 1.54) is 57.7 Å². The van der Waals surface area contributed by atoms with Crippen LogP contribution in [0, 0.1) is 11.8 Å². The first kappa shape index (κ1) is 15.0. The van der Waals surface area contributed by atoms with Crippen molar-refractivity contribution in [2.45, 2.75) is 46.2 Å². The van der Waals surface area contributed by atoms with Crippen molar-refractivity contribution in [2.75, 3.05) is 32.7 Å². The summed E-state index contributed by atoms with van der Waals surface area (Å²) in [5.74, 6) is 1.72. The van der Waals surface area contributed by atoms with E-state index in [-0.39, 0.29) is 0 Å². The molecule has 0 saturated heterocycles. The molecule has 3 rings (SSSR count). The lowest BCUT2D eigenvalue weighted by Gasteiger charge is -2.26. The van der Waals surface area contributed by atoms with E-state index in [1.54, 1.807) is 0 Å². The van der Waals surface area contributed by atoms with Crippen LogP contribution in [-0.4, -0.2) is 52.3 Å². The largest absolute Gasteiger partial charge is 0.304 e. The van der Waals surface area contributed by atoms with Crippen LogP contribution in [0.15, 0.2) is 12.3 Å². The highest BCUT2D eigenvalue weighted by atomic mass is 15.3. The Labute approximate surface area is 129 Å². The second kappa shape index (κ2) is 6.93. The number of fused-ring (bicyclic) bond motifs is 1. The number of rotatable bonds is 7. The van der Waals surface area contributed by atoms with E-state index in [0.29, 0.717) is 0 Å². The summed E-state index contributed by atoms with van der Waals surface area (Å²) in [4.78, 5) is 5.23. The zero-order valence-corrected chi connectivity index (χ0v) is 13.7. The zero-order chi connectivity index (χ0) is 14.7. The van der Waals surface area contributed by atoms with Crippen LogP contribution in [0.4, 0.5) is 0 Å². The smallest absolute Gasteiger partial charge is 0.0524 e. The Kier molecular flexibility index (Phi) is 4.96. The molecule has 0 aromatic carbocycles. The van der Waals surface area contributed by atoms with Gasteiger partial charge in [-0.3, -0.25) is 9.58 Å². The number of nitrogens with zero attached hydrogens (tertiary/aromatic N) is 4. The Morgan fingerprint density at radius 1 is 1.19 bits per heavy atom. The third-order valence-electron chi connectivity index (χ3n) is 5.10. The molecule has 1 aliphatic carbocycles. The van der Waals surface area contributed by atoms with Crippen molar-refractivity contribution in [2.24, 2.45) is 11.8 Å². The van der Waals surface area contributed by atoms with Gasteiger partial charge in [-0.2, -0.15) is 5.10 Å². The highest BCUT2D eigenvalue weighted by Crippen LogP contribution is 2.31. The normalized spacial score (nSPS) is 23.3.